The maximum atomic E-state index is 6.41. The van der Waals surface area contributed by atoms with E-state index in [0.717, 1.165) is 30.8 Å². The Morgan fingerprint density at radius 1 is 1.14 bits per heavy atom. The fraction of sp³-hybridized carbons (Fsp3) is 0.435. The first kappa shape index (κ1) is 18.0. The molecule has 2 atom stereocenters. The van der Waals surface area contributed by atoms with E-state index >= 15 is 0 Å². The molecule has 2 aromatic carbocycles. The molecule has 1 fully saturated rings. The van der Waals surface area contributed by atoms with Gasteiger partial charge in [-0.05, 0) is 56.0 Å². The van der Waals surface area contributed by atoms with Crippen LogP contribution in [0.1, 0.15) is 24.0 Å². The number of thiazole rings is 1. The van der Waals surface area contributed by atoms with E-state index in [9.17, 15) is 0 Å². The average molecular weight is 394 g/mol. The third kappa shape index (κ3) is 3.16. The van der Waals surface area contributed by atoms with E-state index in [1.165, 1.54) is 33.8 Å². The smallest absolute Gasteiger partial charge is 0.186 e. The zero-order valence-electron chi connectivity index (χ0n) is 16.5. The van der Waals surface area contributed by atoms with Crippen molar-refractivity contribution in [1.82, 2.24) is 10.3 Å². The standard InChI is InChI=1S/C23H27N3OS/c1-15-6-5-7-17-14-19(27-22(15)17)21(24-2)16-10-12-26(13-11-16)23-25-18-8-3-4-9-20(18)28-23/h3-9,16,19,21,24H,10-14H2,1-2H3. The number of benzene rings is 2. The van der Waals surface area contributed by atoms with Crippen molar-refractivity contribution in [2.75, 3.05) is 25.0 Å². The van der Waals surface area contributed by atoms with E-state index in [0.29, 0.717) is 12.0 Å². The zero-order chi connectivity index (χ0) is 19.1. The lowest BCUT2D eigenvalue weighted by atomic mass is 9.85. The molecule has 5 rings (SSSR count). The lowest BCUT2D eigenvalue weighted by Gasteiger charge is -2.37. The number of rotatable bonds is 4. The molecule has 28 heavy (non-hydrogen) atoms. The summed E-state index contributed by atoms with van der Waals surface area (Å²) < 4.78 is 7.69. The summed E-state index contributed by atoms with van der Waals surface area (Å²) in [5.41, 5.74) is 3.72. The minimum Gasteiger partial charge on any atom is -0.488 e. The van der Waals surface area contributed by atoms with Gasteiger partial charge in [0.15, 0.2) is 5.13 Å². The predicted octanol–water partition coefficient (Wildman–Crippen LogP) is 4.41. The largest absolute Gasteiger partial charge is 0.488 e. The van der Waals surface area contributed by atoms with Crippen molar-refractivity contribution in [3.05, 3.63) is 53.6 Å². The molecule has 1 saturated heterocycles. The van der Waals surface area contributed by atoms with Crippen LogP contribution in [0.15, 0.2) is 42.5 Å². The lowest BCUT2D eigenvalue weighted by Crippen LogP contribution is -2.49. The summed E-state index contributed by atoms with van der Waals surface area (Å²) >= 11 is 1.81. The summed E-state index contributed by atoms with van der Waals surface area (Å²) in [4.78, 5) is 7.31. The minimum absolute atomic E-state index is 0.236. The number of hydrogen-bond acceptors (Lipinski definition) is 5. The first-order valence-corrected chi connectivity index (χ1v) is 11.1. The zero-order valence-corrected chi connectivity index (χ0v) is 17.3. The SMILES string of the molecule is CNC(C1CCN(c2nc3ccccc3s2)CC1)C1Cc2cccc(C)c2O1. The summed E-state index contributed by atoms with van der Waals surface area (Å²) in [6, 6.07) is 15.3. The van der Waals surface area contributed by atoms with E-state index in [-0.39, 0.29) is 6.10 Å². The number of nitrogens with one attached hydrogen (secondary N) is 1. The molecule has 2 aliphatic heterocycles. The van der Waals surface area contributed by atoms with Gasteiger partial charge in [-0.1, -0.05) is 41.7 Å². The fourth-order valence-electron chi connectivity index (χ4n) is 4.82. The Morgan fingerprint density at radius 2 is 1.96 bits per heavy atom. The number of likely N-dealkylation sites (N-methyl/N-ethyl adjacent to an activating group) is 1. The highest BCUT2D eigenvalue weighted by Gasteiger charge is 2.36. The van der Waals surface area contributed by atoms with Crippen LogP contribution in [0.25, 0.3) is 10.2 Å². The van der Waals surface area contributed by atoms with Gasteiger partial charge in [0.2, 0.25) is 0 Å². The number of piperidine rings is 1. The molecular formula is C23H27N3OS. The molecule has 2 unspecified atom stereocenters. The van der Waals surface area contributed by atoms with Gasteiger partial charge in [0.05, 0.1) is 10.2 Å². The minimum atomic E-state index is 0.236. The number of fused-ring (bicyclic) bond motifs is 2. The molecule has 146 valence electrons. The Hall–Kier alpha value is -2.11. The van der Waals surface area contributed by atoms with Crippen molar-refractivity contribution in [2.45, 2.75) is 38.3 Å². The molecule has 2 aliphatic rings. The number of hydrogen-bond donors (Lipinski definition) is 1. The van der Waals surface area contributed by atoms with Crippen molar-refractivity contribution in [3.63, 3.8) is 0 Å². The summed E-state index contributed by atoms with van der Waals surface area (Å²) in [6.45, 7) is 4.29. The lowest BCUT2D eigenvalue weighted by molar-refractivity contribution is 0.132. The second kappa shape index (κ2) is 7.37. The molecule has 3 aromatic rings. The number of aryl methyl sites for hydroxylation is 1. The highest BCUT2D eigenvalue weighted by Crippen LogP contribution is 2.37. The number of aromatic nitrogens is 1. The molecule has 5 heteroatoms. The predicted molar refractivity (Wildman–Crippen MR) is 117 cm³/mol. The highest BCUT2D eigenvalue weighted by atomic mass is 32.1. The first-order valence-electron chi connectivity index (χ1n) is 10.3. The van der Waals surface area contributed by atoms with Crippen molar-refractivity contribution >= 4 is 26.7 Å². The molecule has 0 radical (unpaired) electrons. The third-order valence-electron chi connectivity index (χ3n) is 6.32. The van der Waals surface area contributed by atoms with Crippen LogP contribution in [0.2, 0.25) is 0 Å². The molecular weight excluding hydrogens is 366 g/mol. The Kier molecular flexibility index (Phi) is 4.73. The van der Waals surface area contributed by atoms with Gasteiger partial charge < -0.3 is 15.0 Å². The number of nitrogens with zero attached hydrogens (tertiary/aromatic N) is 2. The summed E-state index contributed by atoms with van der Waals surface area (Å²) in [5, 5.41) is 4.75. The molecule has 0 aliphatic carbocycles. The van der Waals surface area contributed by atoms with E-state index in [1.54, 1.807) is 0 Å². The van der Waals surface area contributed by atoms with E-state index in [4.69, 9.17) is 9.72 Å². The van der Waals surface area contributed by atoms with Crippen LogP contribution in [0.3, 0.4) is 0 Å². The van der Waals surface area contributed by atoms with Crippen LogP contribution >= 0.6 is 11.3 Å². The van der Waals surface area contributed by atoms with Crippen LogP contribution in [-0.4, -0.2) is 37.3 Å². The van der Waals surface area contributed by atoms with Gasteiger partial charge in [-0.15, -0.1) is 0 Å². The van der Waals surface area contributed by atoms with Gasteiger partial charge in [-0.25, -0.2) is 4.98 Å². The molecule has 0 saturated carbocycles. The van der Waals surface area contributed by atoms with Crippen molar-refractivity contribution < 1.29 is 4.74 Å². The topological polar surface area (TPSA) is 37.4 Å². The highest BCUT2D eigenvalue weighted by molar-refractivity contribution is 7.22. The number of para-hydroxylation sites is 2. The quantitative estimate of drug-likeness (QED) is 0.712. The second-order valence-corrected chi connectivity index (χ2v) is 9.04. The number of anilines is 1. The van der Waals surface area contributed by atoms with Crippen molar-refractivity contribution in [2.24, 2.45) is 5.92 Å². The van der Waals surface area contributed by atoms with Gasteiger partial charge in [-0.3, -0.25) is 0 Å². The molecule has 1 aromatic heterocycles. The monoisotopic (exact) mass is 393 g/mol. The maximum absolute atomic E-state index is 6.41. The summed E-state index contributed by atoms with van der Waals surface area (Å²) in [5.74, 6) is 1.75. The Labute approximate surface area is 170 Å². The molecule has 4 nitrogen and oxygen atoms in total. The maximum Gasteiger partial charge on any atom is 0.186 e. The van der Waals surface area contributed by atoms with Crippen LogP contribution in [0.4, 0.5) is 5.13 Å². The van der Waals surface area contributed by atoms with Gasteiger partial charge in [-0.2, -0.15) is 0 Å². The fourth-order valence-corrected chi connectivity index (χ4v) is 5.84. The second-order valence-electron chi connectivity index (χ2n) is 8.03. The van der Waals surface area contributed by atoms with Crippen LogP contribution in [0.5, 0.6) is 5.75 Å². The van der Waals surface area contributed by atoms with Gasteiger partial charge in [0.25, 0.3) is 0 Å². The van der Waals surface area contributed by atoms with Crippen LogP contribution in [0, 0.1) is 12.8 Å². The molecule has 1 N–H and O–H groups in total. The first-order chi connectivity index (χ1) is 13.7. The molecule has 0 spiro atoms. The van der Waals surface area contributed by atoms with Gasteiger partial charge in [0, 0.05) is 25.6 Å². The Balaban J connectivity index is 1.26. The summed E-state index contributed by atoms with van der Waals surface area (Å²) in [7, 11) is 2.09. The van der Waals surface area contributed by atoms with Gasteiger partial charge in [0.1, 0.15) is 11.9 Å². The van der Waals surface area contributed by atoms with Crippen molar-refractivity contribution in [1.29, 1.82) is 0 Å². The molecule has 0 amide bonds. The molecule has 0 bridgehead atoms. The molecule has 3 heterocycles. The van der Waals surface area contributed by atoms with Gasteiger partial charge >= 0.3 is 0 Å². The van der Waals surface area contributed by atoms with Crippen LogP contribution in [-0.2, 0) is 6.42 Å². The normalized spacial score (nSPS) is 20.9. The van der Waals surface area contributed by atoms with E-state index in [1.807, 2.05) is 11.3 Å². The third-order valence-corrected chi connectivity index (χ3v) is 7.42. The van der Waals surface area contributed by atoms with Crippen LogP contribution < -0.4 is 15.0 Å². The Morgan fingerprint density at radius 3 is 2.71 bits per heavy atom. The summed E-state index contributed by atoms with van der Waals surface area (Å²) in [6.07, 6.45) is 3.61. The van der Waals surface area contributed by atoms with E-state index in [2.05, 4.69) is 66.7 Å². The Bertz CT molecular complexity index is 944. The average Bonchev–Trinajstić information content (AvgIpc) is 3.34. The van der Waals surface area contributed by atoms with E-state index < -0.39 is 0 Å². The number of ether oxygens (including phenoxy) is 1. The van der Waals surface area contributed by atoms with Crippen molar-refractivity contribution in [3.8, 4) is 5.75 Å².